The van der Waals surface area contributed by atoms with Crippen LogP contribution >= 0.6 is 23.2 Å². The van der Waals surface area contributed by atoms with E-state index < -0.39 is 4.92 Å². The number of anilines is 1. The third-order valence-corrected chi connectivity index (χ3v) is 3.30. The van der Waals surface area contributed by atoms with Gasteiger partial charge in [-0.05, 0) is 12.1 Å². The summed E-state index contributed by atoms with van der Waals surface area (Å²) in [5.74, 6) is 0.321. The van der Waals surface area contributed by atoms with Gasteiger partial charge < -0.3 is 15.1 Å². The summed E-state index contributed by atoms with van der Waals surface area (Å²) >= 11 is 11.8. The van der Waals surface area contributed by atoms with Gasteiger partial charge in [-0.25, -0.2) is 0 Å². The fraction of sp³-hybridized carbons (Fsp3) is 0.154. The van der Waals surface area contributed by atoms with Crippen molar-refractivity contribution >= 4 is 40.5 Å². The minimum atomic E-state index is -0.600. The van der Waals surface area contributed by atoms with Crippen molar-refractivity contribution < 1.29 is 14.1 Å². The Labute approximate surface area is 135 Å². The third kappa shape index (κ3) is 4.12. The van der Waals surface area contributed by atoms with Crippen molar-refractivity contribution in [2.75, 3.05) is 11.9 Å². The Morgan fingerprint density at radius 1 is 1.32 bits per heavy atom. The summed E-state index contributed by atoms with van der Waals surface area (Å²) < 4.78 is 5.08. The molecule has 116 valence electrons. The van der Waals surface area contributed by atoms with Crippen LogP contribution in [0, 0.1) is 10.1 Å². The molecule has 1 aromatic heterocycles. The van der Waals surface area contributed by atoms with Crippen LogP contribution in [0.5, 0.6) is 0 Å². The summed E-state index contributed by atoms with van der Waals surface area (Å²) in [4.78, 5) is 21.8. The number of rotatable bonds is 6. The quantitative estimate of drug-likeness (QED) is 0.619. The zero-order valence-corrected chi connectivity index (χ0v) is 12.6. The molecule has 0 bridgehead atoms. The van der Waals surface area contributed by atoms with Crippen LogP contribution in [0.3, 0.4) is 0 Å². The van der Waals surface area contributed by atoms with Crippen molar-refractivity contribution in [3.05, 3.63) is 56.4 Å². The van der Waals surface area contributed by atoms with Crippen LogP contribution in [0.2, 0.25) is 10.0 Å². The van der Waals surface area contributed by atoms with E-state index in [1.807, 2.05) is 0 Å². The second-order valence-corrected chi connectivity index (χ2v) is 5.07. The van der Waals surface area contributed by atoms with Gasteiger partial charge in [-0.2, -0.15) is 0 Å². The number of non-ortho nitro benzene ring substituents is 1. The van der Waals surface area contributed by atoms with E-state index in [0.717, 1.165) is 12.1 Å². The summed E-state index contributed by atoms with van der Waals surface area (Å²) in [5.41, 5.74) is 0.0462. The molecule has 0 fully saturated rings. The second-order valence-electron chi connectivity index (χ2n) is 4.25. The average Bonchev–Trinajstić information content (AvgIpc) is 2.97. The van der Waals surface area contributed by atoms with Gasteiger partial charge in [0, 0.05) is 12.1 Å². The SMILES string of the molecule is O=C(CNc1c(Cl)cc([N+](=O)[O-])cc1Cl)NCc1ccco1. The van der Waals surface area contributed by atoms with Gasteiger partial charge in [-0.15, -0.1) is 0 Å². The van der Waals surface area contributed by atoms with Crippen LogP contribution in [0.1, 0.15) is 5.76 Å². The second kappa shape index (κ2) is 7.15. The number of hydrogen-bond acceptors (Lipinski definition) is 5. The molecule has 1 heterocycles. The Bertz CT molecular complexity index is 666. The van der Waals surface area contributed by atoms with E-state index in [0.29, 0.717) is 5.76 Å². The highest BCUT2D eigenvalue weighted by atomic mass is 35.5. The molecule has 9 heteroatoms. The van der Waals surface area contributed by atoms with Gasteiger partial charge >= 0.3 is 0 Å². The molecule has 0 aliphatic carbocycles. The monoisotopic (exact) mass is 343 g/mol. The summed E-state index contributed by atoms with van der Waals surface area (Å²) in [6.07, 6.45) is 1.51. The van der Waals surface area contributed by atoms with Crippen LogP contribution in [-0.2, 0) is 11.3 Å². The number of nitro benzene ring substituents is 1. The zero-order valence-electron chi connectivity index (χ0n) is 11.1. The first-order chi connectivity index (χ1) is 10.5. The van der Waals surface area contributed by atoms with Crippen molar-refractivity contribution in [2.45, 2.75) is 6.54 Å². The van der Waals surface area contributed by atoms with Gasteiger partial charge in [0.25, 0.3) is 5.69 Å². The van der Waals surface area contributed by atoms with Crippen LogP contribution in [0.15, 0.2) is 34.9 Å². The van der Waals surface area contributed by atoms with Crippen molar-refractivity contribution in [1.82, 2.24) is 5.32 Å². The molecule has 1 aromatic carbocycles. The topological polar surface area (TPSA) is 97.4 Å². The van der Waals surface area contributed by atoms with Gasteiger partial charge in [-0.1, -0.05) is 23.2 Å². The molecule has 22 heavy (non-hydrogen) atoms. The lowest BCUT2D eigenvalue weighted by molar-refractivity contribution is -0.384. The zero-order chi connectivity index (χ0) is 16.1. The summed E-state index contributed by atoms with van der Waals surface area (Å²) in [5, 5.41) is 16.2. The smallest absolute Gasteiger partial charge is 0.272 e. The molecule has 2 N–H and O–H groups in total. The molecule has 2 rings (SSSR count). The summed E-state index contributed by atoms with van der Waals surface area (Å²) in [6, 6.07) is 5.78. The molecule has 0 aliphatic rings. The van der Waals surface area contributed by atoms with Crippen LogP contribution in [-0.4, -0.2) is 17.4 Å². The number of benzene rings is 1. The van der Waals surface area contributed by atoms with Gasteiger partial charge in [0.1, 0.15) is 5.76 Å². The predicted molar refractivity (Wildman–Crippen MR) is 82.2 cm³/mol. The van der Waals surface area contributed by atoms with E-state index in [-0.39, 0.29) is 40.4 Å². The van der Waals surface area contributed by atoms with Crippen molar-refractivity contribution in [3.63, 3.8) is 0 Å². The fourth-order valence-corrected chi connectivity index (χ4v) is 2.27. The number of nitrogens with zero attached hydrogens (tertiary/aromatic N) is 1. The number of hydrogen-bond donors (Lipinski definition) is 2. The number of nitro groups is 1. The minimum absolute atomic E-state index is 0.0676. The van der Waals surface area contributed by atoms with Crippen LogP contribution in [0.25, 0.3) is 0 Å². The fourth-order valence-electron chi connectivity index (χ4n) is 1.66. The molecular formula is C13H11Cl2N3O4. The Kier molecular flexibility index (Phi) is 5.24. The highest BCUT2D eigenvalue weighted by molar-refractivity contribution is 6.39. The standard InChI is InChI=1S/C13H11Cl2N3O4/c14-10-4-8(18(20)21)5-11(15)13(10)17-7-12(19)16-6-9-2-1-3-22-9/h1-5,17H,6-7H2,(H,16,19). The Morgan fingerprint density at radius 3 is 2.55 bits per heavy atom. The predicted octanol–water partition coefficient (Wildman–Crippen LogP) is 3.22. The number of amides is 1. The number of furan rings is 1. The lowest BCUT2D eigenvalue weighted by Gasteiger charge is -2.10. The average molecular weight is 344 g/mol. The maximum atomic E-state index is 11.7. The van der Waals surface area contributed by atoms with Crippen LogP contribution in [0.4, 0.5) is 11.4 Å². The first kappa shape index (κ1) is 16.1. The number of carbonyl (C=O) groups excluding carboxylic acids is 1. The lowest BCUT2D eigenvalue weighted by Crippen LogP contribution is -2.29. The Morgan fingerprint density at radius 2 is 2.00 bits per heavy atom. The molecule has 1 amide bonds. The van der Waals surface area contributed by atoms with Gasteiger partial charge in [0.15, 0.2) is 0 Å². The van der Waals surface area contributed by atoms with E-state index in [4.69, 9.17) is 27.6 Å². The van der Waals surface area contributed by atoms with Crippen molar-refractivity contribution in [1.29, 1.82) is 0 Å². The first-order valence-electron chi connectivity index (χ1n) is 6.13. The van der Waals surface area contributed by atoms with E-state index in [9.17, 15) is 14.9 Å². The third-order valence-electron chi connectivity index (χ3n) is 2.70. The Balaban J connectivity index is 1.93. The van der Waals surface area contributed by atoms with Gasteiger partial charge in [-0.3, -0.25) is 14.9 Å². The van der Waals surface area contributed by atoms with E-state index in [2.05, 4.69) is 10.6 Å². The largest absolute Gasteiger partial charge is 0.467 e. The van der Waals surface area contributed by atoms with E-state index >= 15 is 0 Å². The molecule has 0 spiro atoms. The molecule has 0 saturated carbocycles. The number of halogens is 2. The van der Waals surface area contributed by atoms with Crippen LogP contribution < -0.4 is 10.6 Å². The maximum Gasteiger partial charge on any atom is 0.272 e. The van der Waals surface area contributed by atoms with E-state index in [1.165, 1.54) is 6.26 Å². The van der Waals surface area contributed by atoms with Gasteiger partial charge in [0.05, 0.1) is 40.0 Å². The molecule has 0 radical (unpaired) electrons. The molecule has 0 saturated heterocycles. The molecule has 7 nitrogen and oxygen atoms in total. The normalized spacial score (nSPS) is 10.3. The van der Waals surface area contributed by atoms with E-state index in [1.54, 1.807) is 12.1 Å². The highest BCUT2D eigenvalue weighted by Crippen LogP contribution is 2.34. The summed E-state index contributed by atoms with van der Waals surface area (Å²) in [7, 11) is 0. The maximum absolute atomic E-state index is 11.7. The molecular weight excluding hydrogens is 333 g/mol. The number of nitrogens with one attached hydrogen (secondary N) is 2. The number of carbonyl (C=O) groups is 1. The molecule has 0 atom stereocenters. The first-order valence-corrected chi connectivity index (χ1v) is 6.89. The van der Waals surface area contributed by atoms with Crippen molar-refractivity contribution in [3.8, 4) is 0 Å². The molecule has 2 aromatic rings. The van der Waals surface area contributed by atoms with Crippen molar-refractivity contribution in [2.24, 2.45) is 0 Å². The summed E-state index contributed by atoms with van der Waals surface area (Å²) in [6.45, 7) is 0.174. The Hall–Kier alpha value is -2.25. The highest BCUT2D eigenvalue weighted by Gasteiger charge is 2.15. The molecule has 0 aliphatic heterocycles. The lowest BCUT2D eigenvalue weighted by atomic mass is 10.2. The minimum Gasteiger partial charge on any atom is -0.467 e. The van der Waals surface area contributed by atoms with Gasteiger partial charge in [0.2, 0.25) is 5.91 Å². The molecule has 0 unspecified atom stereocenters.